The van der Waals surface area contributed by atoms with Gasteiger partial charge in [0.1, 0.15) is 11.6 Å². The minimum absolute atomic E-state index is 0.0331. The Kier molecular flexibility index (Phi) is 6.52. The van der Waals surface area contributed by atoms with Crippen LogP contribution in [-0.4, -0.2) is 60.0 Å². The number of aromatic nitrogens is 3. The minimum atomic E-state index is -3.72. The quantitative estimate of drug-likeness (QED) is 0.407. The number of imidazole rings is 1. The highest BCUT2D eigenvalue weighted by molar-refractivity contribution is 7.92. The van der Waals surface area contributed by atoms with E-state index in [0.29, 0.717) is 11.5 Å². The van der Waals surface area contributed by atoms with Crippen molar-refractivity contribution in [3.8, 4) is 0 Å². The number of piperazine rings is 1. The molecular weight excluding hydrogens is 480 g/mol. The van der Waals surface area contributed by atoms with Gasteiger partial charge in [-0.05, 0) is 61.1 Å². The number of fused-ring (bicyclic) bond motifs is 1. The van der Waals surface area contributed by atoms with Crippen LogP contribution in [0.5, 0.6) is 0 Å². The first-order valence-electron chi connectivity index (χ1n) is 11.7. The highest BCUT2D eigenvalue weighted by atomic mass is 32.2. The third kappa shape index (κ3) is 5.05. The predicted octanol–water partition coefficient (Wildman–Crippen LogP) is 3.81. The Morgan fingerprint density at radius 1 is 1.06 bits per heavy atom. The summed E-state index contributed by atoms with van der Waals surface area (Å²) in [7, 11) is -1.94. The van der Waals surface area contributed by atoms with Gasteiger partial charge in [0, 0.05) is 51.4 Å². The third-order valence-electron chi connectivity index (χ3n) is 6.64. The zero-order chi connectivity index (χ0) is 24.6. The first kappa shape index (κ1) is 23.8. The van der Waals surface area contributed by atoms with E-state index in [1.807, 2.05) is 19.1 Å². The lowest BCUT2D eigenvalue weighted by Crippen LogP contribution is -2.47. The van der Waals surface area contributed by atoms with Gasteiger partial charge >= 0.3 is 0 Å². The van der Waals surface area contributed by atoms with Crippen LogP contribution in [0.4, 0.5) is 11.5 Å². The third-order valence-corrected chi connectivity index (χ3v) is 8.70. The van der Waals surface area contributed by atoms with Crippen LogP contribution in [0.15, 0.2) is 53.7 Å². The summed E-state index contributed by atoms with van der Waals surface area (Å²) in [5.41, 5.74) is 2.69. The van der Waals surface area contributed by atoms with Gasteiger partial charge in [-0.1, -0.05) is 24.3 Å². The smallest absolute Gasteiger partial charge is 0.280 e. The van der Waals surface area contributed by atoms with Crippen molar-refractivity contribution in [1.29, 1.82) is 0 Å². The average Bonchev–Trinajstić information content (AvgIpc) is 3.43. The van der Waals surface area contributed by atoms with Crippen LogP contribution in [-0.2, 0) is 23.5 Å². The lowest BCUT2D eigenvalue weighted by Gasteiger charge is -2.35. The Hall–Kier alpha value is -2.95. The van der Waals surface area contributed by atoms with Gasteiger partial charge in [-0.25, -0.2) is 4.98 Å². The Morgan fingerprint density at radius 2 is 1.83 bits per heavy atom. The number of benzene rings is 2. The summed E-state index contributed by atoms with van der Waals surface area (Å²) in [6.07, 6.45) is 2.45. The van der Waals surface area contributed by atoms with Crippen molar-refractivity contribution < 1.29 is 8.42 Å². The van der Waals surface area contributed by atoms with Gasteiger partial charge in [0.2, 0.25) is 0 Å². The maximum atomic E-state index is 12.7. The average molecular weight is 511 g/mol. The minimum Gasteiger partial charge on any atom is -0.353 e. The van der Waals surface area contributed by atoms with E-state index in [0.717, 1.165) is 50.5 Å². The van der Waals surface area contributed by atoms with Crippen molar-refractivity contribution in [3.63, 3.8) is 0 Å². The van der Waals surface area contributed by atoms with E-state index in [2.05, 4.69) is 49.8 Å². The number of anilines is 2. The van der Waals surface area contributed by atoms with Crippen LogP contribution < -0.4 is 9.62 Å². The van der Waals surface area contributed by atoms with Crippen molar-refractivity contribution in [3.05, 3.63) is 65.6 Å². The first-order valence-corrected chi connectivity index (χ1v) is 14.0. The highest BCUT2D eigenvalue weighted by Crippen LogP contribution is 2.30. The molecule has 1 saturated heterocycles. The summed E-state index contributed by atoms with van der Waals surface area (Å²) in [4.78, 5) is 9.02. The van der Waals surface area contributed by atoms with E-state index in [-0.39, 0.29) is 5.03 Å². The molecule has 0 amide bonds. The summed E-state index contributed by atoms with van der Waals surface area (Å²) in [5.74, 6) is 1.76. The van der Waals surface area contributed by atoms with E-state index in [1.165, 1.54) is 21.8 Å². The monoisotopic (exact) mass is 510 g/mol. The van der Waals surface area contributed by atoms with Crippen molar-refractivity contribution >= 4 is 43.1 Å². The summed E-state index contributed by atoms with van der Waals surface area (Å²) in [6, 6.07) is 14.4. The molecule has 1 fully saturated rings. The number of nitrogens with zero attached hydrogens (tertiary/aromatic N) is 5. The van der Waals surface area contributed by atoms with Crippen molar-refractivity contribution in [2.45, 2.75) is 25.3 Å². The standard InChI is InChI=1S/C25H30N6O2S2/c1-18-16-20(8-9-22(18)28-35(32,33)24-17-29(3)19(2)26-24)10-11-30-12-14-31(15-13-30)25-21-6-4-5-7-23(21)34-27-25/h4-9,16-17,28H,10-15H2,1-3H3. The van der Waals surface area contributed by atoms with Gasteiger partial charge in [0.25, 0.3) is 10.0 Å². The normalized spacial score (nSPS) is 15.1. The molecule has 0 spiro atoms. The fourth-order valence-corrected chi connectivity index (χ4v) is 6.39. The SMILES string of the molecule is Cc1cc(CCN2CCN(c3nsc4ccccc34)CC2)ccc1NS(=O)(=O)c1cn(C)c(C)n1. The maximum Gasteiger partial charge on any atom is 0.280 e. The molecule has 5 rings (SSSR count). The molecule has 2 aromatic carbocycles. The zero-order valence-electron chi connectivity index (χ0n) is 20.2. The largest absolute Gasteiger partial charge is 0.353 e. The summed E-state index contributed by atoms with van der Waals surface area (Å²) in [5, 5.41) is 1.28. The molecule has 1 aliphatic heterocycles. The Morgan fingerprint density at radius 3 is 2.54 bits per heavy atom. The molecule has 35 heavy (non-hydrogen) atoms. The van der Waals surface area contributed by atoms with Crippen LogP contribution in [0, 0.1) is 13.8 Å². The topological polar surface area (TPSA) is 83.4 Å². The Labute approximate surface area is 210 Å². The molecule has 4 aromatic rings. The number of hydrogen-bond donors (Lipinski definition) is 1. The van der Waals surface area contributed by atoms with Gasteiger partial charge in [0.05, 0.1) is 10.4 Å². The van der Waals surface area contributed by atoms with Crippen LogP contribution in [0.2, 0.25) is 0 Å². The molecule has 0 aliphatic carbocycles. The Bertz CT molecular complexity index is 1430. The van der Waals surface area contributed by atoms with E-state index in [1.54, 1.807) is 30.1 Å². The molecule has 0 bridgehead atoms. The van der Waals surface area contributed by atoms with Crippen LogP contribution in [0.1, 0.15) is 17.0 Å². The zero-order valence-corrected chi connectivity index (χ0v) is 21.9. The number of aryl methyl sites for hydroxylation is 3. The van der Waals surface area contributed by atoms with Crippen LogP contribution >= 0.6 is 11.5 Å². The van der Waals surface area contributed by atoms with E-state index in [9.17, 15) is 8.42 Å². The maximum absolute atomic E-state index is 12.7. The molecule has 10 heteroatoms. The van der Waals surface area contributed by atoms with Crippen LogP contribution in [0.25, 0.3) is 10.1 Å². The van der Waals surface area contributed by atoms with E-state index < -0.39 is 10.0 Å². The molecule has 0 saturated carbocycles. The molecule has 0 atom stereocenters. The number of nitrogens with one attached hydrogen (secondary N) is 1. The molecule has 0 unspecified atom stereocenters. The van der Waals surface area contributed by atoms with Gasteiger partial charge in [-0.2, -0.15) is 12.8 Å². The number of sulfonamides is 1. The van der Waals surface area contributed by atoms with Gasteiger partial charge in [-0.3, -0.25) is 9.62 Å². The predicted molar refractivity (Wildman–Crippen MR) is 142 cm³/mol. The number of rotatable bonds is 7. The lowest BCUT2D eigenvalue weighted by molar-refractivity contribution is 0.261. The molecule has 184 valence electrons. The van der Waals surface area contributed by atoms with E-state index >= 15 is 0 Å². The summed E-state index contributed by atoms with van der Waals surface area (Å²) < 4.78 is 35.8. The molecule has 1 aliphatic rings. The second-order valence-electron chi connectivity index (χ2n) is 9.07. The van der Waals surface area contributed by atoms with Crippen molar-refractivity contribution in [1.82, 2.24) is 18.8 Å². The fourth-order valence-electron chi connectivity index (χ4n) is 4.42. The molecular formula is C25H30N6O2S2. The lowest BCUT2D eigenvalue weighted by atomic mass is 10.1. The molecule has 8 nitrogen and oxygen atoms in total. The second kappa shape index (κ2) is 9.60. The Balaban J connectivity index is 1.16. The molecule has 0 radical (unpaired) electrons. The second-order valence-corrected chi connectivity index (χ2v) is 11.5. The van der Waals surface area contributed by atoms with Gasteiger partial charge in [-0.15, -0.1) is 0 Å². The van der Waals surface area contributed by atoms with Crippen LogP contribution in [0.3, 0.4) is 0 Å². The fraction of sp³-hybridized carbons (Fsp3) is 0.360. The van der Waals surface area contributed by atoms with Gasteiger partial charge in [0.15, 0.2) is 5.03 Å². The van der Waals surface area contributed by atoms with Crippen molar-refractivity contribution in [2.24, 2.45) is 7.05 Å². The van der Waals surface area contributed by atoms with Gasteiger partial charge < -0.3 is 9.47 Å². The summed E-state index contributed by atoms with van der Waals surface area (Å²) in [6.45, 7) is 8.64. The van der Waals surface area contributed by atoms with Crippen molar-refractivity contribution in [2.75, 3.05) is 42.3 Å². The molecule has 2 aromatic heterocycles. The highest BCUT2D eigenvalue weighted by Gasteiger charge is 2.21. The molecule has 1 N–H and O–H groups in total. The number of hydrogen-bond acceptors (Lipinski definition) is 7. The summed E-state index contributed by atoms with van der Waals surface area (Å²) >= 11 is 1.57. The first-order chi connectivity index (χ1) is 16.8. The van der Waals surface area contributed by atoms with E-state index in [4.69, 9.17) is 4.37 Å². The molecule has 3 heterocycles.